The maximum atomic E-state index is 11.6. The first-order chi connectivity index (χ1) is 8.39. The van der Waals surface area contributed by atoms with Gasteiger partial charge in [0.2, 0.25) is 5.91 Å². The molecule has 4 nitrogen and oxygen atoms in total. The Kier molecular flexibility index (Phi) is 9.02. The summed E-state index contributed by atoms with van der Waals surface area (Å²) in [5.74, 6) is 0.491. The molecule has 18 heavy (non-hydrogen) atoms. The minimum Gasteiger partial charge on any atom is -0.396 e. The number of nitrogens with one attached hydrogen (secondary N) is 2. The van der Waals surface area contributed by atoms with E-state index in [0.29, 0.717) is 25.4 Å². The molecule has 1 atom stereocenters. The maximum Gasteiger partial charge on any atom is 0.221 e. The lowest BCUT2D eigenvalue weighted by molar-refractivity contribution is -0.121. The second kappa shape index (κ2) is 9.34. The van der Waals surface area contributed by atoms with Gasteiger partial charge in [0.1, 0.15) is 0 Å². The van der Waals surface area contributed by atoms with Gasteiger partial charge in [0, 0.05) is 31.7 Å². The number of aliphatic hydroxyl groups is 1. The van der Waals surface area contributed by atoms with E-state index in [1.165, 1.54) is 0 Å². The Morgan fingerprint density at radius 2 is 1.94 bits per heavy atom. The molecule has 0 saturated heterocycles. The maximum absolute atomic E-state index is 11.6. The smallest absolute Gasteiger partial charge is 0.221 e. The van der Waals surface area contributed by atoms with Crippen molar-refractivity contribution >= 4 is 5.91 Å². The van der Waals surface area contributed by atoms with Crippen molar-refractivity contribution in [2.75, 3.05) is 19.7 Å². The van der Waals surface area contributed by atoms with Crippen molar-refractivity contribution in [1.82, 2.24) is 10.6 Å². The van der Waals surface area contributed by atoms with Crippen LogP contribution in [0.25, 0.3) is 0 Å². The molecule has 1 amide bonds. The van der Waals surface area contributed by atoms with Crippen molar-refractivity contribution < 1.29 is 9.90 Å². The van der Waals surface area contributed by atoms with Crippen LogP contribution in [0.2, 0.25) is 0 Å². The van der Waals surface area contributed by atoms with E-state index in [4.69, 9.17) is 5.11 Å². The van der Waals surface area contributed by atoms with Gasteiger partial charge in [0.25, 0.3) is 0 Å². The van der Waals surface area contributed by atoms with Gasteiger partial charge in [-0.1, -0.05) is 13.3 Å². The predicted octanol–water partition coefficient (Wildman–Crippen LogP) is 1.68. The van der Waals surface area contributed by atoms with E-state index < -0.39 is 0 Å². The van der Waals surface area contributed by atoms with E-state index in [-0.39, 0.29) is 18.1 Å². The molecule has 0 saturated carbocycles. The first kappa shape index (κ1) is 17.4. The number of carbonyl (C=O) groups excluding carboxylic acids is 1. The summed E-state index contributed by atoms with van der Waals surface area (Å²) < 4.78 is 0. The third-order valence-corrected chi connectivity index (χ3v) is 2.83. The van der Waals surface area contributed by atoms with Gasteiger partial charge in [-0.25, -0.2) is 0 Å². The zero-order valence-electron chi connectivity index (χ0n) is 12.4. The lowest BCUT2D eigenvalue weighted by Crippen LogP contribution is -2.39. The standard InChI is InChI=1S/C14H30N2O2/c1-5-6-12(8-10-17)11-15-13(18)7-9-16-14(2,3)4/h12,16-17H,5-11H2,1-4H3,(H,15,18). The molecule has 4 heteroatoms. The molecule has 0 aliphatic heterocycles. The fourth-order valence-corrected chi connectivity index (χ4v) is 1.84. The van der Waals surface area contributed by atoms with Gasteiger partial charge >= 0.3 is 0 Å². The van der Waals surface area contributed by atoms with E-state index in [9.17, 15) is 4.79 Å². The molecule has 3 N–H and O–H groups in total. The van der Waals surface area contributed by atoms with Crippen molar-refractivity contribution in [3.8, 4) is 0 Å². The van der Waals surface area contributed by atoms with Crippen LogP contribution in [0, 0.1) is 5.92 Å². The summed E-state index contributed by atoms with van der Waals surface area (Å²) in [5, 5.41) is 15.2. The Hall–Kier alpha value is -0.610. The number of hydrogen-bond acceptors (Lipinski definition) is 3. The van der Waals surface area contributed by atoms with Gasteiger partial charge < -0.3 is 15.7 Å². The number of amides is 1. The lowest BCUT2D eigenvalue weighted by Gasteiger charge is -2.20. The molecule has 0 rings (SSSR count). The summed E-state index contributed by atoms with van der Waals surface area (Å²) >= 11 is 0. The molecule has 1 unspecified atom stereocenters. The quantitative estimate of drug-likeness (QED) is 0.589. The second-order valence-electron chi connectivity index (χ2n) is 5.90. The predicted molar refractivity (Wildman–Crippen MR) is 75.5 cm³/mol. The molecule has 108 valence electrons. The van der Waals surface area contributed by atoms with Gasteiger partial charge in [0.15, 0.2) is 0 Å². The van der Waals surface area contributed by atoms with Crippen molar-refractivity contribution in [2.24, 2.45) is 5.92 Å². The highest BCUT2D eigenvalue weighted by Gasteiger charge is 2.11. The average molecular weight is 258 g/mol. The molecule has 0 aliphatic rings. The zero-order valence-corrected chi connectivity index (χ0v) is 12.4. The van der Waals surface area contributed by atoms with Crippen LogP contribution >= 0.6 is 0 Å². The summed E-state index contributed by atoms with van der Waals surface area (Å²) in [6, 6.07) is 0. The SMILES string of the molecule is CCCC(CCO)CNC(=O)CCNC(C)(C)C. The highest BCUT2D eigenvalue weighted by molar-refractivity contribution is 5.76. The third kappa shape index (κ3) is 10.5. The molecular weight excluding hydrogens is 228 g/mol. The van der Waals surface area contributed by atoms with Crippen LogP contribution in [-0.4, -0.2) is 36.2 Å². The Morgan fingerprint density at radius 1 is 1.28 bits per heavy atom. The molecule has 0 aromatic rings. The summed E-state index contributed by atoms with van der Waals surface area (Å²) in [6.07, 6.45) is 3.43. The van der Waals surface area contributed by atoms with Gasteiger partial charge in [-0.05, 0) is 39.5 Å². The van der Waals surface area contributed by atoms with Crippen LogP contribution in [0.5, 0.6) is 0 Å². The van der Waals surface area contributed by atoms with Crippen LogP contribution in [0.4, 0.5) is 0 Å². The summed E-state index contributed by atoms with van der Waals surface area (Å²) in [6.45, 7) is 9.97. The van der Waals surface area contributed by atoms with E-state index in [2.05, 4.69) is 38.3 Å². The first-order valence-corrected chi connectivity index (χ1v) is 7.01. The third-order valence-electron chi connectivity index (χ3n) is 2.83. The van der Waals surface area contributed by atoms with E-state index >= 15 is 0 Å². The highest BCUT2D eigenvalue weighted by Crippen LogP contribution is 2.09. The average Bonchev–Trinajstić information content (AvgIpc) is 2.25. The molecule has 0 spiro atoms. The van der Waals surface area contributed by atoms with Crippen LogP contribution in [-0.2, 0) is 4.79 Å². The van der Waals surface area contributed by atoms with Crippen LogP contribution in [0.1, 0.15) is 53.4 Å². The normalized spacial score (nSPS) is 13.4. The Labute approximate surface area is 112 Å². The van der Waals surface area contributed by atoms with Gasteiger partial charge in [-0.3, -0.25) is 4.79 Å². The van der Waals surface area contributed by atoms with E-state index in [1.54, 1.807) is 0 Å². The zero-order chi connectivity index (χ0) is 14.0. The Balaban J connectivity index is 3.73. The molecule has 0 aromatic heterocycles. The number of aliphatic hydroxyl groups excluding tert-OH is 1. The highest BCUT2D eigenvalue weighted by atomic mass is 16.3. The topological polar surface area (TPSA) is 61.4 Å². The van der Waals surface area contributed by atoms with Crippen molar-refractivity contribution in [3.63, 3.8) is 0 Å². The minimum atomic E-state index is 0.0575. The molecule has 0 fully saturated rings. The molecule has 0 heterocycles. The van der Waals surface area contributed by atoms with Crippen molar-refractivity contribution in [3.05, 3.63) is 0 Å². The fourth-order valence-electron chi connectivity index (χ4n) is 1.84. The summed E-state index contributed by atoms with van der Waals surface area (Å²) in [5.41, 5.74) is 0.0575. The fraction of sp³-hybridized carbons (Fsp3) is 0.929. The summed E-state index contributed by atoms with van der Waals surface area (Å²) in [7, 11) is 0. The van der Waals surface area contributed by atoms with E-state index in [0.717, 1.165) is 19.3 Å². The molecular formula is C14H30N2O2. The Bertz CT molecular complexity index is 218. The number of hydrogen-bond donors (Lipinski definition) is 3. The number of carbonyl (C=O) groups is 1. The second-order valence-corrected chi connectivity index (χ2v) is 5.90. The summed E-state index contributed by atoms with van der Waals surface area (Å²) in [4.78, 5) is 11.6. The lowest BCUT2D eigenvalue weighted by atomic mass is 10.0. The van der Waals surface area contributed by atoms with Gasteiger partial charge in [-0.2, -0.15) is 0 Å². The van der Waals surface area contributed by atoms with Crippen LogP contribution in [0.3, 0.4) is 0 Å². The van der Waals surface area contributed by atoms with Gasteiger partial charge in [-0.15, -0.1) is 0 Å². The van der Waals surface area contributed by atoms with Gasteiger partial charge in [0.05, 0.1) is 0 Å². The molecule has 0 aromatic carbocycles. The Morgan fingerprint density at radius 3 is 2.44 bits per heavy atom. The van der Waals surface area contributed by atoms with Crippen LogP contribution < -0.4 is 10.6 Å². The van der Waals surface area contributed by atoms with Crippen molar-refractivity contribution in [1.29, 1.82) is 0 Å². The minimum absolute atomic E-state index is 0.0575. The molecule has 0 aliphatic carbocycles. The number of rotatable bonds is 9. The molecule has 0 radical (unpaired) electrons. The molecule has 0 bridgehead atoms. The van der Waals surface area contributed by atoms with Crippen molar-refractivity contribution in [2.45, 2.75) is 58.9 Å². The monoisotopic (exact) mass is 258 g/mol. The first-order valence-electron chi connectivity index (χ1n) is 7.01. The largest absolute Gasteiger partial charge is 0.396 e. The van der Waals surface area contributed by atoms with E-state index in [1.807, 2.05) is 0 Å². The van der Waals surface area contributed by atoms with Crippen LogP contribution in [0.15, 0.2) is 0 Å².